The van der Waals surface area contributed by atoms with Gasteiger partial charge in [0.05, 0.1) is 17.3 Å². The molecule has 25 heavy (non-hydrogen) atoms. The molecule has 1 saturated carbocycles. The van der Waals surface area contributed by atoms with Gasteiger partial charge >= 0.3 is 0 Å². The Balaban J connectivity index is 1.88. The molecule has 1 aromatic carbocycles. The summed E-state index contributed by atoms with van der Waals surface area (Å²) < 4.78 is 0. The molecule has 1 aliphatic rings. The van der Waals surface area contributed by atoms with Crippen LogP contribution in [0.3, 0.4) is 0 Å². The van der Waals surface area contributed by atoms with Gasteiger partial charge in [0, 0.05) is 18.2 Å². The topological polar surface area (TPSA) is 70.2 Å². The summed E-state index contributed by atoms with van der Waals surface area (Å²) in [6, 6.07) is 5.49. The van der Waals surface area contributed by atoms with E-state index in [1.807, 2.05) is 6.92 Å². The zero-order chi connectivity index (χ0) is 18.2. The number of hydrogen-bond donors (Lipinski definition) is 3. The van der Waals surface area contributed by atoms with E-state index in [1.165, 1.54) is 19.3 Å². The maximum Gasteiger partial charge on any atom is 0.239 e. The highest BCUT2D eigenvalue weighted by Gasteiger charge is 2.22. The average molecular weight is 366 g/mol. The lowest BCUT2D eigenvalue weighted by molar-refractivity contribution is -0.120. The third-order valence-electron chi connectivity index (χ3n) is 4.62. The Kier molecular flexibility index (Phi) is 7.56. The van der Waals surface area contributed by atoms with Crippen LogP contribution in [0.4, 0.5) is 11.4 Å². The first-order valence-electron chi connectivity index (χ1n) is 9.12. The Hall–Kier alpha value is -1.75. The van der Waals surface area contributed by atoms with E-state index in [1.54, 1.807) is 18.2 Å². The van der Waals surface area contributed by atoms with Gasteiger partial charge in [-0.15, -0.1) is 0 Å². The van der Waals surface area contributed by atoms with Crippen molar-refractivity contribution in [2.45, 2.75) is 58.4 Å². The predicted molar refractivity (Wildman–Crippen MR) is 103 cm³/mol. The monoisotopic (exact) mass is 365 g/mol. The standard InChI is InChI=1S/C19H28ClN3O2/c1-3-6-18(24)22-14-9-10-15(20)17(11-14)21-12-19(25)23-16-8-5-4-7-13(16)2/h9-11,13,16,21H,3-8,12H2,1-2H3,(H,22,24)(H,23,25). The molecule has 2 amide bonds. The molecule has 2 unspecified atom stereocenters. The van der Waals surface area contributed by atoms with Crippen LogP contribution >= 0.6 is 11.6 Å². The lowest BCUT2D eigenvalue weighted by Crippen LogP contribution is -2.43. The number of hydrogen-bond acceptors (Lipinski definition) is 3. The molecule has 0 bridgehead atoms. The minimum absolute atomic E-state index is 0.0280. The third-order valence-corrected chi connectivity index (χ3v) is 4.95. The van der Waals surface area contributed by atoms with Crippen molar-refractivity contribution in [3.8, 4) is 0 Å². The number of carbonyl (C=O) groups excluding carboxylic acids is 2. The van der Waals surface area contributed by atoms with Crippen molar-refractivity contribution in [3.63, 3.8) is 0 Å². The molecule has 0 saturated heterocycles. The van der Waals surface area contributed by atoms with Gasteiger partial charge in [-0.05, 0) is 43.4 Å². The predicted octanol–water partition coefficient (Wildman–Crippen LogP) is 4.19. The molecule has 0 spiro atoms. The fourth-order valence-electron chi connectivity index (χ4n) is 3.15. The summed E-state index contributed by atoms with van der Waals surface area (Å²) in [5.41, 5.74) is 1.31. The zero-order valence-electron chi connectivity index (χ0n) is 15.0. The molecule has 0 aromatic heterocycles. The van der Waals surface area contributed by atoms with Crippen LogP contribution < -0.4 is 16.0 Å². The fraction of sp³-hybridized carbons (Fsp3) is 0.579. The van der Waals surface area contributed by atoms with Crippen molar-refractivity contribution in [3.05, 3.63) is 23.2 Å². The molecule has 2 atom stereocenters. The maximum atomic E-state index is 12.2. The number of benzene rings is 1. The van der Waals surface area contributed by atoms with Gasteiger partial charge < -0.3 is 16.0 Å². The quantitative estimate of drug-likeness (QED) is 0.678. The van der Waals surface area contributed by atoms with Gasteiger partial charge in [0.2, 0.25) is 11.8 Å². The van der Waals surface area contributed by atoms with Gasteiger partial charge in [0.1, 0.15) is 0 Å². The molecule has 138 valence electrons. The average Bonchev–Trinajstić information content (AvgIpc) is 2.57. The number of halogens is 1. The first-order chi connectivity index (χ1) is 12.0. The van der Waals surface area contributed by atoms with E-state index in [4.69, 9.17) is 11.6 Å². The summed E-state index contributed by atoms with van der Waals surface area (Å²) in [6.07, 6.45) is 5.92. The lowest BCUT2D eigenvalue weighted by Gasteiger charge is -2.29. The van der Waals surface area contributed by atoms with Crippen LogP contribution in [0, 0.1) is 5.92 Å². The maximum absolute atomic E-state index is 12.2. The second kappa shape index (κ2) is 9.66. The molecule has 1 fully saturated rings. The highest BCUT2D eigenvalue weighted by Crippen LogP contribution is 2.26. The molecule has 3 N–H and O–H groups in total. The van der Waals surface area contributed by atoms with Crippen molar-refractivity contribution >= 4 is 34.8 Å². The number of amides is 2. The molecule has 2 rings (SSSR count). The Bertz CT molecular complexity index is 606. The normalized spacial score (nSPS) is 20.0. The van der Waals surface area contributed by atoms with Gasteiger partial charge in [-0.2, -0.15) is 0 Å². The molecule has 0 radical (unpaired) electrons. The van der Waals surface area contributed by atoms with E-state index in [9.17, 15) is 9.59 Å². The van der Waals surface area contributed by atoms with Crippen molar-refractivity contribution in [2.75, 3.05) is 17.2 Å². The first kappa shape index (κ1) is 19.6. The van der Waals surface area contributed by atoms with Crippen molar-refractivity contribution in [1.82, 2.24) is 5.32 Å². The Morgan fingerprint density at radius 1 is 1.20 bits per heavy atom. The van der Waals surface area contributed by atoms with E-state index in [0.717, 1.165) is 12.8 Å². The first-order valence-corrected chi connectivity index (χ1v) is 9.50. The molecular formula is C19H28ClN3O2. The van der Waals surface area contributed by atoms with E-state index < -0.39 is 0 Å². The van der Waals surface area contributed by atoms with Crippen LogP contribution in [0.1, 0.15) is 52.4 Å². The van der Waals surface area contributed by atoms with Crippen LogP contribution in [-0.2, 0) is 9.59 Å². The molecular weight excluding hydrogens is 338 g/mol. The van der Waals surface area contributed by atoms with Gasteiger partial charge in [-0.3, -0.25) is 9.59 Å². The van der Waals surface area contributed by atoms with Crippen LogP contribution in [0.5, 0.6) is 0 Å². The molecule has 1 aromatic rings. The number of nitrogens with one attached hydrogen (secondary N) is 3. The van der Waals surface area contributed by atoms with Gasteiger partial charge in [-0.1, -0.05) is 38.3 Å². The van der Waals surface area contributed by atoms with Crippen molar-refractivity contribution in [1.29, 1.82) is 0 Å². The van der Waals surface area contributed by atoms with Crippen LogP contribution in [0.25, 0.3) is 0 Å². The Morgan fingerprint density at radius 2 is 1.96 bits per heavy atom. The Morgan fingerprint density at radius 3 is 2.68 bits per heavy atom. The highest BCUT2D eigenvalue weighted by molar-refractivity contribution is 6.33. The summed E-state index contributed by atoms with van der Waals surface area (Å²) in [4.78, 5) is 23.9. The second-order valence-corrected chi connectivity index (χ2v) is 7.19. The largest absolute Gasteiger partial charge is 0.375 e. The molecule has 1 aliphatic carbocycles. The van der Waals surface area contributed by atoms with Crippen LogP contribution in [-0.4, -0.2) is 24.4 Å². The number of anilines is 2. The molecule has 0 aliphatic heterocycles. The molecule has 0 heterocycles. The van der Waals surface area contributed by atoms with Crippen LogP contribution in [0.2, 0.25) is 5.02 Å². The van der Waals surface area contributed by atoms with E-state index >= 15 is 0 Å². The van der Waals surface area contributed by atoms with E-state index in [-0.39, 0.29) is 24.4 Å². The summed E-state index contributed by atoms with van der Waals surface area (Å²) in [5.74, 6) is 0.466. The van der Waals surface area contributed by atoms with Crippen molar-refractivity contribution < 1.29 is 9.59 Å². The van der Waals surface area contributed by atoms with Gasteiger partial charge in [-0.25, -0.2) is 0 Å². The van der Waals surface area contributed by atoms with E-state index in [0.29, 0.717) is 28.7 Å². The minimum atomic E-state index is -0.0322. The van der Waals surface area contributed by atoms with Gasteiger partial charge in [0.25, 0.3) is 0 Å². The summed E-state index contributed by atoms with van der Waals surface area (Å²) in [7, 11) is 0. The molecule has 5 nitrogen and oxygen atoms in total. The molecule has 6 heteroatoms. The fourth-order valence-corrected chi connectivity index (χ4v) is 3.34. The lowest BCUT2D eigenvalue weighted by atomic mass is 9.86. The number of rotatable bonds is 7. The van der Waals surface area contributed by atoms with Gasteiger partial charge in [0.15, 0.2) is 0 Å². The summed E-state index contributed by atoms with van der Waals surface area (Å²) >= 11 is 6.19. The summed E-state index contributed by atoms with van der Waals surface area (Å²) in [5, 5.41) is 9.53. The SMILES string of the molecule is CCCC(=O)Nc1ccc(Cl)c(NCC(=O)NC2CCCCC2C)c1. The van der Waals surface area contributed by atoms with E-state index in [2.05, 4.69) is 22.9 Å². The third kappa shape index (κ3) is 6.24. The van der Waals surface area contributed by atoms with Crippen molar-refractivity contribution in [2.24, 2.45) is 5.92 Å². The Labute approximate surface area is 154 Å². The minimum Gasteiger partial charge on any atom is -0.375 e. The zero-order valence-corrected chi connectivity index (χ0v) is 15.8. The second-order valence-electron chi connectivity index (χ2n) is 6.78. The summed E-state index contributed by atoms with van der Waals surface area (Å²) in [6.45, 7) is 4.31. The smallest absolute Gasteiger partial charge is 0.239 e. The van der Waals surface area contributed by atoms with Crippen LogP contribution in [0.15, 0.2) is 18.2 Å². The highest BCUT2D eigenvalue weighted by atomic mass is 35.5. The number of carbonyl (C=O) groups is 2.